The second-order valence-corrected chi connectivity index (χ2v) is 8.92. The first-order valence-electron chi connectivity index (χ1n) is 8.90. The van der Waals surface area contributed by atoms with Crippen molar-refractivity contribution in [1.82, 2.24) is 19.7 Å². The van der Waals surface area contributed by atoms with Gasteiger partial charge in [-0.15, -0.1) is 39.4 Å². The van der Waals surface area contributed by atoms with Crippen LogP contribution in [0.4, 0.5) is 0 Å². The van der Waals surface area contributed by atoms with Gasteiger partial charge in [0.25, 0.3) is 11.4 Å². The highest BCUT2D eigenvalue weighted by Gasteiger charge is 2.19. The molecule has 150 valence electrons. The molecule has 0 aliphatic rings. The summed E-state index contributed by atoms with van der Waals surface area (Å²) < 4.78 is 12.8. The van der Waals surface area contributed by atoms with E-state index in [1.54, 1.807) is 23.0 Å². The molecule has 0 radical (unpaired) electrons. The summed E-state index contributed by atoms with van der Waals surface area (Å²) in [6.45, 7) is 4.12. The lowest BCUT2D eigenvalue weighted by molar-refractivity contribution is 0.529. The zero-order valence-corrected chi connectivity index (χ0v) is 17.9. The maximum absolute atomic E-state index is 13.3. The SMILES string of the molecule is C=CCn1c(SCc2nnc(-c3cccs3)o2)nc2scc(-c3ccco3)c2c1=O. The molecule has 5 aromatic rings. The normalized spacial score (nSPS) is 11.3. The fourth-order valence-electron chi connectivity index (χ4n) is 2.96. The van der Waals surface area contributed by atoms with Crippen LogP contribution in [0.2, 0.25) is 0 Å². The second-order valence-electron chi connectivity index (χ2n) is 6.17. The molecule has 0 spiro atoms. The molecule has 0 saturated heterocycles. The van der Waals surface area contributed by atoms with Gasteiger partial charge >= 0.3 is 0 Å². The van der Waals surface area contributed by atoms with Gasteiger partial charge in [0.2, 0.25) is 5.89 Å². The van der Waals surface area contributed by atoms with Crippen molar-refractivity contribution in [2.45, 2.75) is 17.5 Å². The number of allylic oxidation sites excluding steroid dienone is 1. The summed E-state index contributed by atoms with van der Waals surface area (Å²) in [6, 6.07) is 7.50. The molecule has 7 nitrogen and oxygen atoms in total. The van der Waals surface area contributed by atoms with E-state index in [0.29, 0.717) is 45.2 Å². The van der Waals surface area contributed by atoms with E-state index in [-0.39, 0.29) is 5.56 Å². The molecule has 0 bridgehead atoms. The molecule has 0 amide bonds. The highest BCUT2D eigenvalue weighted by molar-refractivity contribution is 7.98. The van der Waals surface area contributed by atoms with Crippen molar-refractivity contribution >= 4 is 44.7 Å². The molecule has 5 heterocycles. The fraction of sp³-hybridized carbons (Fsp3) is 0.100. The number of thioether (sulfide) groups is 1. The van der Waals surface area contributed by atoms with Crippen molar-refractivity contribution in [1.29, 1.82) is 0 Å². The van der Waals surface area contributed by atoms with Crippen molar-refractivity contribution in [2.75, 3.05) is 0 Å². The lowest BCUT2D eigenvalue weighted by Crippen LogP contribution is -2.22. The third-order valence-corrected chi connectivity index (χ3v) is 6.97. The Balaban J connectivity index is 1.49. The first kappa shape index (κ1) is 19.0. The lowest BCUT2D eigenvalue weighted by atomic mass is 10.2. The Bertz CT molecular complexity index is 1360. The molecule has 0 aromatic carbocycles. The number of nitrogens with zero attached hydrogens (tertiary/aromatic N) is 4. The molecule has 0 fully saturated rings. The zero-order valence-electron chi connectivity index (χ0n) is 15.5. The standard InChI is InChI=1S/C20H14N4O3S3/c1-2-7-24-19(25)16-12(13-5-3-8-26-13)10-29-18(16)21-20(24)30-11-15-22-23-17(27-15)14-6-4-9-28-14/h2-6,8-10H,1,7,11H2. The third kappa shape index (κ3) is 3.42. The van der Waals surface area contributed by atoms with E-state index in [1.165, 1.54) is 34.4 Å². The van der Waals surface area contributed by atoms with Crippen LogP contribution >= 0.6 is 34.4 Å². The van der Waals surface area contributed by atoms with Crippen LogP contribution in [0.1, 0.15) is 5.89 Å². The molecular formula is C20H14N4O3S3. The van der Waals surface area contributed by atoms with Gasteiger partial charge < -0.3 is 8.83 Å². The fourth-order valence-corrected chi connectivity index (χ4v) is 5.42. The molecule has 30 heavy (non-hydrogen) atoms. The van der Waals surface area contributed by atoms with Gasteiger partial charge in [0.15, 0.2) is 5.16 Å². The molecule has 0 unspecified atom stereocenters. The van der Waals surface area contributed by atoms with E-state index in [4.69, 9.17) is 13.8 Å². The van der Waals surface area contributed by atoms with E-state index < -0.39 is 0 Å². The van der Waals surface area contributed by atoms with Crippen molar-refractivity contribution < 1.29 is 8.83 Å². The highest BCUT2D eigenvalue weighted by Crippen LogP contribution is 2.33. The summed E-state index contributed by atoms with van der Waals surface area (Å²) in [5.41, 5.74) is 0.629. The minimum Gasteiger partial charge on any atom is -0.464 e. The monoisotopic (exact) mass is 454 g/mol. The Kier molecular flexibility index (Phi) is 5.11. The minimum atomic E-state index is -0.125. The van der Waals surface area contributed by atoms with Gasteiger partial charge in [-0.2, -0.15) is 0 Å². The lowest BCUT2D eigenvalue weighted by Gasteiger charge is -2.09. The van der Waals surface area contributed by atoms with Gasteiger partial charge in [0.05, 0.1) is 22.3 Å². The number of thiophene rings is 2. The van der Waals surface area contributed by atoms with E-state index in [2.05, 4.69) is 16.8 Å². The van der Waals surface area contributed by atoms with Crippen LogP contribution in [0.15, 0.2) is 72.7 Å². The summed E-state index contributed by atoms with van der Waals surface area (Å²) in [4.78, 5) is 19.6. The number of hydrogen-bond donors (Lipinski definition) is 0. The van der Waals surface area contributed by atoms with Gasteiger partial charge in [-0.1, -0.05) is 23.9 Å². The first-order valence-corrected chi connectivity index (χ1v) is 11.6. The molecule has 10 heteroatoms. The first-order chi connectivity index (χ1) is 14.7. The quantitative estimate of drug-likeness (QED) is 0.187. The van der Waals surface area contributed by atoms with Gasteiger partial charge in [-0.3, -0.25) is 9.36 Å². The van der Waals surface area contributed by atoms with Crippen LogP contribution in [-0.4, -0.2) is 19.7 Å². The Morgan fingerprint density at radius 1 is 1.23 bits per heavy atom. The third-order valence-electron chi connectivity index (χ3n) is 4.28. The average molecular weight is 455 g/mol. The van der Waals surface area contributed by atoms with Gasteiger partial charge in [0.1, 0.15) is 10.6 Å². The molecule has 0 N–H and O–H groups in total. The van der Waals surface area contributed by atoms with Crippen LogP contribution in [-0.2, 0) is 12.3 Å². The van der Waals surface area contributed by atoms with Gasteiger partial charge in [-0.05, 0) is 23.6 Å². The summed E-state index contributed by atoms with van der Waals surface area (Å²) in [5, 5.41) is 13.2. The summed E-state index contributed by atoms with van der Waals surface area (Å²) in [5.74, 6) is 2.03. The topological polar surface area (TPSA) is 86.9 Å². The predicted molar refractivity (Wildman–Crippen MR) is 119 cm³/mol. The number of hydrogen-bond acceptors (Lipinski definition) is 9. The smallest absolute Gasteiger partial charge is 0.263 e. The van der Waals surface area contributed by atoms with Crippen LogP contribution in [0.3, 0.4) is 0 Å². The van der Waals surface area contributed by atoms with Gasteiger partial charge in [0, 0.05) is 17.5 Å². The minimum absolute atomic E-state index is 0.125. The summed E-state index contributed by atoms with van der Waals surface area (Å²) in [6.07, 6.45) is 3.27. The molecule has 0 atom stereocenters. The Morgan fingerprint density at radius 3 is 2.93 bits per heavy atom. The second kappa shape index (κ2) is 8.05. The van der Waals surface area contributed by atoms with Crippen LogP contribution in [0, 0.1) is 0 Å². The van der Waals surface area contributed by atoms with Crippen LogP contribution in [0.5, 0.6) is 0 Å². The number of fused-ring (bicyclic) bond motifs is 1. The summed E-state index contributed by atoms with van der Waals surface area (Å²) >= 11 is 4.34. The molecular weight excluding hydrogens is 440 g/mol. The van der Waals surface area contributed by atoms with Crippen molar-refractivity contribution in [2.24, 2.45) is 0 Å². The van der Waals surface area contributed by atoms with Crippen LogP contribution < -0.4 is 5.56 Å². The number of furan rings is 1. The van der Waals surface area contributed by atoms with Crippen molar-refractivity contribution in [3.8, 4) is 22.1 Å². The Labute approximate surface area is 182 Å². The molecule has 0 saturated carbocycles. The van der Waals surface area contributed by atoms with Crippen molar-refractivity contribution in [3.63, 3.8) is 0 Å². The molecule has 5 aromatic heterocycles. The Morgan fingerprint density at radius 2 is 2.17 bits per heavy atom. The van der Waals surface area contributed by atoms with Crippen LogP contribution in [0.25, 0.3) is 32.3 Å². The van der Waals surface area contributed by atoms with E-state index >= 15 is 0 Å². The Hall–Kier alpha value is -2.95. The summed E-state index contributed by atoms with van der Waals surface area (Å²) in [7, 11) is 0. The number of aromatic nitrogens is 4. The molecule has 5 rings (SSSR count). The van der Waals surface area contributed by atoms with E-state index in [1.807, 2.05) is 29.0 Å². The van der Waals surface area contributed by atoms with E-state index in [9.17, 15) is 4.79 Å². The highest BCUT2D eigenvalue weighted by atomic mass is 32.2. The molecule has 0 aliphatic heterocycles. The van der Waals surface area contributed by atoms with Crippen molar-refractivity contribution in [3.05, 3.63) is 70.2 Å². The zero-order chi connectivity index (χ0) is 20.5. The average Bonchev–Trinajstić information content (AvgIpc) is 3.55. The molecule has 0 aliphatic carbocycles. The van der Waals surface area contributed by atoms with Gasteiger partial charge in [-0.25, -0.2) is 4.98 Å². The maximum atomic E-state index is 13.3. The maximum Gasteiger partial charge on any atom is 0.263 e. The predicted octanol–water partition coefficient (Wildman–Crippen LogP) is 5.31. The largest absolute Gasteiger partial charge is 0.464 e. The van der Waals surface area contributed by atoms with E-state index in [0.717, 1.165) is 10.4 Å². The number of rotatable bonds is 7.